The molecule has 0 aliphatic carbocycles. The molecule has 0 spiro atoms. The molecule has 0 bridgehead atoms. The van der Waals surface area contributed by atoms with E-state index in [1.807, 2.05) is 0 Å². The van der Waals surface area contributed by atoms with Crippen LogP contribution in [-0.4, -0.2) is 33.6 Å². The van der Waals surface area contributed by atoms with E-state index in [-0.39, 0.29) is 4.90 Å². The van der Waals surface area contributed by atoms with Gasteiger partial charge in [0.05, 0.1) is 10.6 Å². The van der Waals surface area contributed by atoms with Gasteiger partial charge in [0.15, 0.2) is 16.4 Å². The van der Waals surface area contributed by atoms with Crippen LogP contribution in [0.2, 0.25) is 0 Å². The van der Waals surface area contributed by atoms with Crippen molar-refractivity contribution in [2.75, 3.05) is 24.6 Å². The molecule has 9 heteroatoms. The lowest BCUT2D eigenvalue weighted by Crippen LogP contribution is -2.27. The molecule has 126 valence electrons. The van der Waals surface area contributed by atoms with Crippen molar-refractivity contribution >= 4 is 21.4 Å². The zero-order chi connectivity index (χ0) is 17.3. The highest BCUT2D eigenvalue weighted by molar-refractivity contribution is 7.93. The number of nitro groups is 1. The van der Waals surface area contributed by atoms with E-state index in [0.717, 1.165) is 10.4 Å². The topological polar surface area (TPSA) is 99.0 Å². The molecule has 1 heterocycles. The molecule has 1 aliphatic heterocycles. The molecule has 0 unspecified atom stereocenters. The van der Waals surface area contributed by atoms with Crippen molar-refractivity contribution in [1.29, 1.82) is 0 Å². The lowest BCUT2D eigenvalue weighted by molar-refractivity contribution is -0.387. The van der Waals surface area contributed by atoms with Gasteiger partial charge < -0.3 is 9.47 Å². The minimum absolute atomic E-state index is 0.317. The molecule has 0 saturated heterocycles. The molecule has 1 aliphatic rings. The van der Waals surface area contributed by atoms with Crippen LogP contribution in [-0.2, 0) is 10.0 Å². The van der Waals surface area contributed by atoms with Gasteiger partial charge in [-0.1, -0.05) is 12.1 Å². The number of hydrogen-bond donors (Lipinski definition) is 0. The predicted molar refractivity (Wildman–Crippen MR) is 86.1 cm³/mol. The lowest BCUT2D eigenvalue weighted by Gasteiger charge is -2.23. The Bertz CT molecular complexity index is 897. The van der Waals surface area contributed by atoms with E-state index in [4.69, 9.17) is 9.47 Å². The van der Waals surface area contributed by atoms with Crippen LogP contribution in [0.1, 0.15) is 0 Å². The first-order valence-corrected chi connectivity index (χ1v) is 8.47. The molecule has 2 aromatic carbocycles. The van der Waals surface area contributed by atoms with Crippen LogP contribution in [0.4, 0.5) is 11.4 Å². The fourth-order valence-corrected chi connectivity index (χ4v) is 3.68. The first-order valence-electron chi connectivity index (χ1n) is 7.03. The van der Waals surface area contributed by atoms with E-state index in [2.05, 4.69) is 0 Å². The summed E-state index contributed by atoms with van der Waals surface area (Å²) < 4.78 is 37.4. The number of ether oxygens (including phenoxy) is 2. The maximum absolute atomic E-state index is 12.8. The van der Waals surface area contributed by atoms with Crippen molar-refractivity contribution in [2.45, 2.75) is 4.90 Å². The van der Waals surface area contributed by atoms with E-state index in [1.54, 1.807) is 12.1 Å². The summed E-state index contributed by atoms with van der Waals surface area (Å²) in [6.07, 6.45) is 0. The molecule has 0 aromatic heterocycles. The van der Waals surface area contributed by atoms with Crippen LogP contribution >= 0.6 is 0 Å². The Balaban J connectivity index is 2.03. The molecule has 2 aromatic rings. The summed E-state index contributed by atoms with van der Waals surface area (Å²) in [7, 11) is -2.77. The Kier molecular flexibility index (Phi) is 4.02. The number of para-hydroxylation sites is 1. The molecular formula is C15H14N2O6S. The summed E-state index contributed by atoms with van der Waals surface area (Å²) in [5.74, 6) is 0.963. The van der Waals surface area contributed by atoms with Gasteiger partial charge in [-0.25, -0.2) is 8.42 Å². The number of hydrogen-bond acceptors (Lipinski definition) is 6. The monoisotopic (exact) mass is 350 g/mol. The SMILES string of the molecule is CN(c1ccc2c(c1)OCCO2)S(=O)(=O)c1ccccc1[N+](=O)[O-]. The van der Waals surface area contributed by atoms with Gasteiger partial charge in [0, 0.05) is 19.2 Å². The molecule has 0 radical (unpaired) electrons. The minimum Gasteiger partial charge on any atom is -0.486 e. The average molecular weight is 350 g/mol. The van der Waals surface area contributed by atoms with Crippen LogP contribution in [0.15, 0.2) is 47.4 Å². The van der Waals surface area contributed by atoms with Crippen molar-refractivity contribution in [1.82, 2.24) is 0 Å². The maximum Gasteiger partial charge on any atom is 0.289 e. The van der Waals surface area contributed by atoms with E-state index in [0.29, 0.717) is 30.4 Å². The normalized spacial score (nSPS) is 13.4. The summed E-state index contributed by atoms with van der Waals surface area (Å²) in [6, 6.07) is 9.92. The summed E-state index contributed by atoms with van der Waals surface area (Å²) in [6.45, 7) is 0.799. The first kappa shape index (κ1) is 16.1. The van der Waals surface area contributed by atoms with Crippen molar-refractivity contribution in [3.05, 3.63) is 52.6 Å². The van der Waals surface area contributed by atoms with Crippen molar-refractivity contribution in [3.8, 4) is 11.5 Å². The van der Waals surface area contributed by atoms with Gasteiger partial charge in [-0.05, 0) is 18.2 Å². The third kappa shape index (κ3) is 2.73. The van der Waals surface area contributed by atoms with Gasteiger partial charge in [-0.15, -0.1) is 0 Å². The van der Waals surface area contributed by atoms with Crippen LogP contribution in [0, 0.1) is 10.1 Å². The second-order valence-corrected chi connectivity index (χ2v) is 6.96. The van der Waals surface area contributed by atoms with Gasteiger partial charge >= 0.3 is 0 Å². The second kappa shape index (κ2) is 6.00. The number of sulfonamides is 1. The number of nitro benzene ring substituents is 1. The van der Waals surface area contributed by atoms with Gasteiger partial charge in [0.25, 0.3) is 15.7 Å². The highest BCUT2D eigenvalue weighted by atomic mass is 32.2. The maximum atomic E-state index is 12.8. The largest absolute Gasteiger partial charge is 0.486 e. The van der Waals surface area contributed by atoms with Gasteiger partial charge in [-0.3, -0.25) is 14.4 Å². The third-order valence-corrected chi connectivity index (χ3v) is 5.42. The third-order valence-electron chi connectivity index (χ3n) is 3.59. The van der Waals surface area contributed by atoms with Gasteiger partial charge in [-0.2, -0.15) is 0 Å². The van der Waals surface area contributed by atoms with E-state index in [1.165, 1.54) is 31.3 Å². The molecule has 0 fully saturated rings. The molecule has 0 atom stereocenters. The van der Waals surface area contributed by atoms with E-state index >= 15 is 0 Å². The highest BCUT2D eigenvalue weighted by Gasteiger charge is 2.30. The summed E-state index contributed by atoms with van der Waals surface area (Å²) >= 11 is 0. The first-order chi connectivity index (χ1) is 11.4. The number of anilines is 1. The van der Waals surface area contributed by atoms with Crippen LogP contribution in [0.5, 0.6) is 11.5 Å². The number of rotatable bonds is 4. The molecule has 24 heavy (non-hydrogen) atoms. The zero-order valence-electron chi connectivity index (χ0n) is 12.7. The Hall–Kier alpha value is -2.81. The molecule has 0 N–H and O–H groups in total. The standard InChI is InChI=1S/C15H14N2O6S/c1-16(11-6-7-13-14(10-11)23-9-8-22-13)24(20,21)15-5-3-2-4-12(15)17(18)19/h2-7,10H,8-9H2,1H3. The fraction of sp³-hybridized carbons (Fsp3) is 0.200. The molecular weight excluding hydrogens is 336 g/mol. The quantitative estimate of drug-likeness (QED) is 0.619. The number of fused-ring (bicyclic) bond motifs is 1. The smallest absolute Gasteiger partial charge is 0.289 e. The number of nitrogens with zero attached hydrogens (tertiary/aromatic N) is 2. The van der Waals surface area contributed by atoms with Crippen molar-refractivity contribution < 1.29 is 22.8 Å². The van der Waals surface area contributed by atoms with Gasteiger partial charge in [0.2, 0.25) is 0 Å². The Morgan fingerprint density at radius 2 is 1.75 bits per heavy atom. The molecule has 8 nitrogen and oxygen atoms in total. The average Bonchev–Trinajstić information content (AvgIpc) is 2.60. The fourth-order valence-electron chi connectivity index (χ4n) is 2.34. The van der Waals surface area contributed by atoms with Crippen LogP contribution in [0.3, 0.4) is 0 Å². The second-order valence-electron chi connectivity index (χ2n) is 5.03. The Morgan fingerprint density at radius 1 is 1.08 bits per heavy atom. The van der Waals surface area contributed by atoms with Crippen LogP contribution in [0.25, 0.3) is 0 Å². The molecule has 3 rings (SSSR count). The van der Waals surface area contributed by atoms with Gasteiger partial charge in [0.1, 0.15) is 13.2 Å². The minimum atomic E-state index is -4.10. The summed E-state index contributed by atoms with van der Waals surface area (Å²) in [4.78, 5) is 10.0. The van der Waals surface area contributed by atoms with E-state index < -0.39 is 20.6 Å². The van der Waals surface area contributed by atoms with E-state index in [9.17, 15) is 18.5 Å². The summed E-state index contributed by atoms with van der Waals surface area (Å²) in [5, 5.41) is 11.1. The zero-order valence-corrected chi connectivity index (χ0v) is 13.5. The lowest BCUT2D eigenvalue weighted by atomic mass is 10.2. The highest BCUT2D eigenvalue weighted by Crippen LogP contribution is 2.36. The predicted octanol–water partition coefficient (Wildman–Crippen LogP) is 2.19. The Morgan fingerprint density at radius 3 is 2.46 bits per heavy atom. The van der Waals surface area contributed by atoms with Crippen LogP contribution < -0.4 is 13.8 Å². The summed E-state index contributed by atoms with van der Waals surface area (Å²) in [5.41, 5.74) is -0.153. The van der Waals surface area contributed by atoms with Crippen molar-refractivity contribution in [2.24, 2.45) is 0 Å². The Labute approximate surface area is 138 Å². The molecule has 0 amide bonds. The van der Waals surface area contributed by atoms with Crippen molar-refractivity contribution in [3.63, 3.8) is 0 Å². The number of benzene rings is 2. The molecule has 0 saturated carbocycles.